The Kier molecular flexibility index (Phi) is 9.38. The molecule has 3 saturated heterocycles. The van der Waals surface area contributed by atoms with Crippen molar-refractivity contribution in [1.29, 1.82) is 0 Å². The summed E-state index contributed by atoms with van der Waals surface area (Å²) in [5, 5.41) is 25.7. The molecule has 13 nitrogen and oxygen atoms in total. The number of carbonyl (C=O) groups is 3. The van der Waals surface area contributed by atoms with Crippen LogP contribution in [-0.4, -0.2) is 91.7 Å². The number of para-hydroxylation sites is 1. The summed E-state index contributed by atoms with van der Waals surface area (Å²) in [4.78, 5) is 49.0. The average Bonchev–Trinajstić information content (AvgIpc) is 3.76. The lowest BCUT2D eigenvalue weighted by molar-refractivity contribution is -0.136. The van der Waals surface area contributed by atoms with Gasteiger partial charge in [-0.05, 0) is 111 Å². The maximum absolute atomic E-state index is 13.4. The summed E-state index contributed by atoms with van der Waals surface area (Å²) in [6.07, 6.45) is 6.24. The summed E-state index contributed by atoms with van der Waals surface area (Å²) in [6, 6.07) is 13.3. The summed E-state index contributed by atoms with van der Waals surface area (Å²) in [7, 11) is 0. The van der Waals surface area contributed by atoms with Crippen LogP contribution >= 0.6 is 0 Å². The molecule has 0 saturated carbocycles. The van der Waals surface area contributed by atoms with Crippen molar-refractivity contribution < 1.29 is 24.2 Å². The first kappa shape index (κ1) is 37.0. The van der Waals surface area contributed by atoms with Gasteiger partial charge in [0.05, 0.1) is 35.4 Å². The largest absolute Gasteiger partial charge is 0.507 e. The van der Waals surface area contributed by atoms with E-state index < -0.39 is 6.04 Å². The zero-order chi connectivity index (χ0) is 39.6. The number of phenolic OH excluding ortho intramolecular Hbond substituents is 1. The fraction of sp³-hybridized carbons (Fsp3) is 0.455. The predicted molar refractivity (Wildman–Crippen MR) is 215 cm³/mol. The van der Waals surface area contributed by atoms with Crippen LogP contribution in [0.25, 0.3) is 11.3 Å². The van der Waals surface area contributed by atoms with Crippen molar-refractivity contribution in [1.82, 2.24) is 30.3 Å². The van der Waals surface area contributed by atoms with Crippen molar-refractivity contribution in [3.8, 4) is 22.8 Å². The molecule has 13 heteroatoms. The van der Waals surface area contributed by atoms with Gasteiger partial charge in [0.2, 0.25) is 11.8 Å². The van der Waals surface area contributed by atoms with Crippen LogP contribution in [0.15, 0.2) is 48.7 Å². The second kappa shape index (κ2) is 14.4. The number of amides is 3. The van der Waals surface area contributed by atoms with E-state index in [1.54, 1.807) is 4.90 Å². The van der Waals surface area contributed by atoms with E-state index >= 15 is 0 Å². The SMILES string of the molecule is CC[C@@]12CNc3nnc(-c4cccc(C)c4O)cc3N1C[C@H](Oc1cnc(CN3CCC(c4ccc5c(c4)C(=O)N([C@H]4CCC(=O)NC4=O)C5)CC3)c(C)c1C)C2. The van der Waals surface area contributed by atoms with Gasteiger partial charge in [0.1, 0.15) is 23.6 Å². The molecule has 2 aromatic heterocycles. The van der Waals surface area contributed by atoms with E-state index in [9.17, 15) is 19.5 Å². The van der Waals surface area contributed by atoms with Crippen LogP contribution in [0, 0.1) is 20.8 Å². The number of aromatic hydroxyl groups is 1. The lowest BCUT2D eigenvalue weighted by Crippen LogP contribution is -2.52. The van der Waals surface area contributed by atoms with E-state index in [2.05, 4.69) is 57.5 Å². The minimum Gasteiger partial charge on any atom is -0.507 e. The second-order valence-corrected chi connectivity index (χ2v) is 16.6. The first-order chi connectivity index (χ1) is 27.5. The van der Waals surface area contributed by atoms with Crippen LogP contribution < -0.4 is 20.3 Å². The lowest BCUT2D eigenvalue weighted by Gasteiger charge is -2.43. The summed E-state index contributed by atoms with van der Waals surface area (Å²) >= 11 is 0. The van der Waals surface area contributed by atoms with Crippen LogP contribution in [0.3, 0.4) is 0 Å². The highest BCUT2D eigenvalue weighted by Crippen LogP contribution is 2.46. The number of pyridine rings is 1. The van der Waals surface area contributed by atoms with Crippen molar-refractivity contribution in [3.63, 3.8) is 0 Å². The molecule has 0 unspecified atom stereocenters. The van der Waals surface area contributed by atoms with Gasteiger partial charge in [0.25, 0.3) is 5.91 Å². The van der Waals surface area contributed by atoms with E-state index in [-0.39, 0.29) is 41.5 Å². The number of likely N-dealkylation sites (tertiary alicyclic amines) is 1. The molecule has 3 amide bonds. The Balaban J connectivity index is 0.835. The number of fused-ring (bicyclic) bond motifs is 4. The van der Waals surface area contributed by atoms with E-state index in [1.165, 1.54) is 5.56 Å². The third-order valence-corrected chi connectivity index (χ3v) is 13.4. The average molecular weight is 771 g/mol. The molecule has 296 valence electrons. The van der Waals surface area contributed by atoms with Crippen molar-refractivity contribution in [2.24, 2.45) is 0 Å². The molecule has 2 aromatic carbocycles. The number of piperidine rings is 2. The van der Waals surface area contributed by atoms with Gasteiger partial charge >= 0.3 is 0 Å². The van der Waals surface area contributed by atoms with Gasteiger partial charge in [-0.1, -0.05) is 31.2 Å². The van der Waals surface area contributed by atoms with Crippen molar-refractivity contribution in [2.45, 2.75) is 103 Å². The van der Waals surface area contributed by atoms with Gasteiger partial charge in [-0.3, -0.25) is 29.6 Å². The second-order valence-electron chi connectivity index (χ2n) is 16.6. The Labute approximate surface area is 332 Å². The van der Waals surface area contributed by atoms with Gasteiger partial charge < -0.3 is 25.0 Å². The van der Waals surface area contributed by atoms with Crippen LogP contribution in [0.2, 0.25) is 0 Å². The van der Waals surface area contributed by atoms with Gasteiger partial charge in [-0.2, -0.15) is 0 Å². The molecule has 4 aromatic rings. The summed E-state index contributed by atoms with van der Waals surface area (Å²) in [6.45, 7) is 12.9. The third-order valence-electron chi connectivity index (χ3n) is 13.4. The van der Waals surface area contributed by atoms with Crippen LogP contribution in [-0.2, 0) is 22.7 Å². The number of rotatable bonds is 8. The Hall–Kier alpha value is -5.56. The quantitative estimate of drug-likeness (QED) is 0.194. The minimum absolute atomic E-state index is 0.0403. The molecule has 0 aliphatic carbocycles. The topological polar surface area (TPSA) is 153 Å². The molecule has 3 N–H and O–H groups in total. The highest BCUT2D eigenvalue weighted by atomic mass is 16.5. The van der Waals surface area contributed by atoms with Crippen LogP contribution in [0.5, 0.6) is 11.5 Å². The molecule has 3 fully saturated rings. The molecule has 0 spiro atoms. The number of benzene rings is 2. The Morgan fingerprint density at radius 3 is 2.60 bits per heavy atom. The number of nitrogens with zero attached hydrogens (tertiary/aromatic N) is 6. The van der Waals surface area contributed by atoms with Gasteiger partial charge in [0.15, 0.2) is 5.82 Å². The normalized spacial score (nSPS) is 23.5. The smallest absolute Gasteiger partial charge is 0.255 e. The zero-order valence-electron chi connectivity index (χ0n) is 33.1. The number of imide groups is 1. The highest BCUT2D eigenvalue weighted by Gasteiger charge is 2.49. The summed E-state index contributed by atoms with van der Waals surface area (Å²) in [5.74, 6) is 1.36. The number of carbonyl (C=O) groups excluding carboxylic acids is 3. The monoisotopic (exact) mass is 770 g/mol. The first-order valence-electron chi connectivity index (χ1n) is 20.3. The Bertz CT molecular complexity index is 2290. The van der Waals surface area contributed by atoms with Gasteiger partial charge in [0, 0.05) is 43.6 Å². The molecule has 5 aliphatic heterocycles. The Morgan fingerprint density at radius 1 is 0.982 bits per heavy atom. The van der Waals surface area contributed by atoms with Crippen LogP contribution in [0.1, 0.15) is 95.2 Å². The van der Waals surface area contributed by atoms with Gasteiger partial charge in [-0.15, -0.1) is 10.2 Å². The molecule has 0 bridgehead atoms. The number of nitrogens with one attached hydrogen (secondary N) is 2. The maximum Gasteiger partial charge on any atom is 0.255 e. The number of hydrogen-bond donors (Lipinski definition) is 3. The van der Waals surface area contributed by atoms with Gasteiger partial charge in [-0.25, -0.2) is 0 Å². The van der Waals surface area contributed by atoms with Crippen molar-refractivity contribution in [2.75, 3.05) is 36.4 Å². The zero-order valence-corrected chi connectivity index (χ0v) is 33.1. The maximum atomic E-state index is 13.4. The molecule has 0 radical (unpaired) electrons. The number of hydrogen-bond acceptors (Lipinski definition) is 11. The minimum atomic E-state index is -0.600. The molecular weight excluding hydrogens is 721 g/mol. The number of phenols is 1. The number of ether oxygens (including phenoxy) is 1. The van der Waals surface area contributed by atoms with E-state index in [0.717, 1.165) is 97.1 Å². The van der Waals surface area contributed by atoms with E-state index in [4.69, 9.17) is 9.72 Å². The molecule has 57 heavy (non-hydrogen) atoms. The van der Waals surface area contributed by atoms with Crippen molar-refractivity contribution in [3.05, 3.63) is 87.7 Å². The van der Waals surface area contributed by atoms with Crippen LogP contribution in [0.4, 0.5) is 11.5 Å². The first-order valence-corrected chi connectivity index (χ1v) is 20.3. The van der Waals surface area contributed by atoms with E-state index in [0.29, 0.717) is 42.2 Å². The fourth-order valence-corrected chi connectivity index (χ4v) is 9.67. The standard InChI is InChI=1S/C44H50N8O5/c1-5-44-19-31(22-52(44)37-18-34(48-49-41(37)46-24-44)32-8-6-7-25(2)40(32)54)57-38-20-45-35(26(3)27(38)4)23-50-15-13-28(14-16-50)29-9-10-30-21-51(43(56)33(30)17-29)36-11-12-39(53)47-42(36)55/h6-10,17-18,20,28,31,36,54H,5,11-16,19,21-24H2,1-4H3,(H,46,49)(H,47,53,55)/t31-,36+,44-/m1/s1. The fourth-order valence-electron chi connectivity index (χ4n) is 9.67. The number of aryl methyl sites for hydroxylation is 1. The molecule has 7 heterocycles. The number of anilines is 2. The van der Waals surface area contributed by atoms with E-state index in [1.807, 2.05) is 49.5 Å². The number of aromatic nitrogens is 3. The molecule has 9 rings (SSSR count). The lowest BCUT2D eigenvalue weighted by atomic mass is 9.87. The predicted octanol–water partition coefficient (Wildman–Crippen LogP) is 5.54. The highest BCUT2D eigenvalue weighted by molar-refractivity contribution is 6.05. The Morgan fingerprint density at radius 2 is 1.81 bits per heavy atom. The molecule has 3 atom stereocenters. The summed E-state index contributed by atoms with van der Waals surface area (Å²) in [5.41, 5.74) is 9.07. The molecular formula is C44H50N8O5. The van der Waals surface area contributed by atoms with Crippen molar-refractivity contribution >= 4 is 29.2 Å². The molecule has 5 aliphatic rings. The summed E-state index contributed by atoms with van der Waals surface area (Å²) < 4.78 is 6.79. The third kappa shape index (κ3) is 6.55.